The molecule has 0 spiro atoms. The van der Waals surface area contributed by atoms with Crippen LogP contribution in [0.4, 0.5) is 0 Å². The molecule has 2 bridgehead atoms. The smallest absolute Gasteiger partial charge is 0.307 e. The van der Waals surface area contributed by atoms with Gasteiger partial charge in [-0.2, -0.15) is 0 Å². The molecule has 3 saturated carbocycles. The van der Waals surface area contributed by atoms with Crippen LogP contribution in [0.25, 0.3) is 0 Å². The fourth-order valence-electron chi connectivity index (χ4n) is 6.46. The Bertz CT molecular complexity index is 584. The average molecular weight is 391 g/mol. The molecule has 6 heteroatoms. The summed E-state index contributed by atoms with van der Waals surface area (Å²) in [6, 6.07) is 0. The SMILES string of the molecule is O=C(CCN1CC1)OCC1(COC(=O)CCN2CC2)CCC2C3CCC(C3)C21. The van der Waals surface area contributed by atoms with Gasteiger partial charge < -0.3 is 19.3 Å². The van der Waals surface area contributed by atoms with Gasteiger partial charge in [0.1, 0.15) is 13.2 Å². The van der Waals surface area contributed by atoms with Crippen LogP contribution in [0.15, 0.2) is 0 Å². The first-order valence-corrected chi connectivity index (χ1v) is 11.4. The second kappa shape index (κ2) is 7.60. The Morgan fingerprint density at radius 3 is 1.96 bits per heavy atom. The maximum Gasteiger partial charge on any atom is 0.307 e. The Balaban J connectivity index is 1.20. The van der Waals surface area contributed by atoms with Gasteiger partial charge in [0.15, 0.2) is 0 Å². The number of hydrogen-bond acceptors (Lipinski definition) is 6. The second-order valence-electron chi connectivity index (χ2n) is 9.93. The van der Waals surface area contributed by atoms with E-state index in [4.69, 9.17) is 9.47 Å². The molecule has 2 heterocycles. The van der Waals surface area contributed by atoms with Crippen molar-refractivity contribution in [2.75, 3.05) is 52.5 Å². The standard InChI is InChI=1S/C22H34N2O4/c25-19(4-7-23-9-10-23)27-14-22(15-28-20(26)5-8-24-11-12-24)6-3-18-16-1-2-17(13-16)21(18)22/h16-18,21H,1-15H2. The molecule has 2 aliphatic heterocycles. The molecular weight excluding hydrogens is 356 g/mol. The lowest BCUT2D eigenvalue weighted by molar-refractivity contribution is -0.157. The molecular formula is C22H34N2O4. The molecule has 0 aromatic carbocycles. The van der Waals surface area contributed by atoms with E-state index in [0.717, 1.165) is 63.4 Å². The van der Waals surface area contributed by atoms with E-state index in [1.807, 2.05) is 0 Å². The van der Waals surface area contributed by atoms with Gasteiger partial charge in [0.25, 0.3) is 0 Å². The fourth-order valence-corrected chi connectivity index (χ4v) is 6.46. The van der Waals surface area contributed by atoms with Crippen LogP contribution in [0.5, 0.6) is 0 Å². The van der Waals surface area contributed by atoms with Crippen molar-refractivity contribution in [3.8, 4) is 0 Å². The zero-order chi connectivity index (χ0) is 19.1. The summed E-state index contributed by atoms with van der Waals surface area (Å²) in [7, 11) is 0. The first-order valence-electron chi connectivity index (χ1n) is 11.4. The van der Waals surface area contributed by atoms with Crippen molar-refractivity contribution >= 4 is 11.9 Å². The Labute approximate surface area is 167 Å². The van der Waals surface area contributed by atoms with Gasteiger partial charge in [-0.05, 0) is 55.8 Å². The molecule has 3 aliphatic carbocycles. The zero-order valence-electron chi connectivity index (χ0n) is 16.9. The van der Waals surface area contributed by atoms with E-state index in [1.54, 1.807) is 0 Å². The van der Waals surface area contributed by atoms with Crippen LogP contribution in [-0.2, 0) is 19.1 Å². The number of ether oxygens (including phenoxy) is 2. The van der Waals surface area contributed by atoms with Crippen molar-refractivity contribution in [3.05, 3.63) is 0 Å². The number of rotatable bonds is 10. The van der Waals surface area contributed by atoms with Crippen LogP contribution in [-0.4, -0.2) is 74.2 Å². The van der Waals surface area contributed by atoms with Crippen molar-refractivity contribution in [2.24, 2.45) is 29.1 Å². The minimum Gasteiger partial charge on any atom is -0.465 e. The monoisotopic (exact) mass is 390 g/mol. The lowest BCUT2D eigenvalue weighted by Crippen LogP contribution is -2.41. The van der Waals surface area contributed by atoms with Gasteiger partial charge in [0, 0.05) is 44.7 Å². The highest BCUT2D eigenvalue weighted by molar-refractivity contribution is 5.70. The van der Waals surface area contributed by atoms with E-state index in [9.17, 15) is 9.59 Å². The van der Waals surface area contributed by atoms with E-state index in [1.165, 1.54) is 25.7 Å². The molecule has 6 nitrogen and oxygen atoms in total. The van der Waals surface area contributed by atoms with E-state index < -0.39 is 0 Å². The molecule has 5 rings (SSSR count). The third-order valence-electron chi connectivity index (χ3n) is 8.16. The summed E-state index contributed by atoms with van der Waals surface area (Å²) in [5, 5.41) is 0. The van der Waals surface area contributed by atoms with Gasteiger partial charge in [0.2, 0.25) is 0 Å². The van der Waals surface area contributed by atoms with Crippen LogP contribution in [0, 0.1) is 29.1 Å². The molecule has 0 amide bonds. The number of fused-ring (bicyclic) bond motifs is 5. The number of hydrogen-bond donors (Lipinski definition) is 0. The predicted octanol–water partition coefficient (Wildman–Crippen LogP) is 1.93. The summed E-state index contributed by atoms with van der Waals surface area (Å²) in [6.45, 7) is 6.94. The maximum atomic E-state index is 12.3. The molecule has 156 valence electrons. The molecule has 0 N–H and O–H groups in total. The Morgan fingerprint density at radius 1 is 0.821 bits per heavy atom. The quantitative estimate of drug-likeness (QED) is 0.420. The summed E-state index contributed by atoms with van der Waals surface area (Å²) >= 11 is 0. The lowest BCUT2D eigenvalue weighted by Gasteiger charge is -2.39. The van der Waals surface area contributed by atoms with Gasteiger partial charge in [-0.1, -0.05) is 0 Å². The van der Waals surface area contributed by atoms with Crippen molar-refractivity contribution < 1.29 is 19.1 Å². The first kappa shape index (κ1) is 18.9. The maximum absolute atomic E-state index is 12.3. The third-order valence-corrected chi connectivity index (χ3v) is 8.16. The van der Waals surface area contributed by atoms with Crippen LogP contribution >= 0.6 is 0 Å². The van der Waals surface area contributed by atoms with Crippen molar-refractivity contribution in [3.63, 3.8) is 0 Å². The van der Waals surface area contributed by atoms with Crippen LogP contribution in [0.1, 0.15) is 44.9 Å². The van der Waals surface area contributed by atoms with E-state index in [0.29, 0.717) is 32.0 Å². The van der Waals surface area contributed by atoms with Gasteiger partial charge >= 0.3 is 11.9 Å². The van der Waals surface area contributed by atoms with Crippen molar-refractivity contribution in [1.82, 2.24) is 9.80 Å². The molecule has 0 aromatic heterocycles. The molecule has 5 aliphatic rings. The highest BCUT2D eigenvalue weighted by atomic mass is 16.5. The number of carbonyl (C=O) groups is 2. The van der Waals surface area contributed by atoms with E-state index in [-0.39, 0.29) is 17.4 Å². The third kappa shape index (κ3) is 3.95. The van der Waals surface area contributed by atoms with Crippen molar-refractivity contribution in [1.29, 1.82) is 0 Å². The van der Waals surface area contributed by atoms with E-state index in [2.05, 4.69) is 9.80 Å². The van der Waals surface area contributed by atoms with Gasteiger partial charge in [-0.3, -0.25) is 9.59 Å². The topological polar surface area (TPSA) is 58.6 Å². The van der Waals surface area contributed by atoms with Crippen LogP contribution in [0.3, 0.4) is 0 Å². The molecule has 28 heavy (non-hydrogen) atoms. The van der Waals surface area contributed by atoms with Crippen LogP contribution < -0.4 is 0 Å². The molecule has 2 saturated heterocycles. The summed E-state index contributed by atoms with van der Waals surface area (Å²) in [5.41, 5.74) is -0.143. The highest BCUT2D eigenvalue weighted by Crippen LogP contribution is 2.65. The normalized spacial score (nSPS) is 35.0. The fraction of sp³-hybridized carbons (Fsp3) is 0.909. The molecule has 5 fully saturated rings. The van der Waals surface area contributed by atoms with Gasteiger partial charge in [0.05, 0.1) is 12.8 Å². The number of carbonyl (C=O) groups excluding carboxylic acids is 2. The Morgan fingerprint density at radius 2 is 1.39 bits per heavy atom. The first-order chi connectivity index (χ1) is 13.6. The predicted molar refractivity (Wildman–Crippen MR) is 104 cm³/mol. The molecule has 0 aromatic rings. The minimum absolute atomic E-state index is 0.0919. The summed E-state index contributed by atoms with van der Waals surface area (Å²) in [6.07, 6.45) is 7.21. The Hall–Kier alpha value is -1.14. The summed E-state index contributed by atoms with van der Waals surface area (Å²) in [5.74, 6) is 2.74. The lowest BCUT2D eigenvalue weighted by atomic mass is 9.69. The number of esters is 2. The molecule has 4 unspecified atom stereocenters. The summed E-state index contributed by atoms with van der Waals surface area (Å²) in [4.78, 5) is 29.1. The van der Waals surface area contributed by atoms with E-state index >= 15 is 0 Å². The average Bonchev–Trinajstić information content (AvgIpc) is 3.60. The number of nitrogens with zero attached hydrogens (tertiary/aromatic N) is 2. The van der Waals surface area contributed by atoms with Gasteiger partial charge in [-0.15, -0.1) is 0 Å². The molecule has 0 radical (unpaired) electrons. The molecule has 4 atom stereocenters. The summed E-state index contributed by atoms with van der Waals surface area (Å²) < 4.78 is 11.6. The van der Waals surface area contributed by atoms with Crippen LogP contribution in [0.2, 0.25) is 0 Å². The second-order valence-corrected chi connectivity index (χ2v) is 9.93. The van der Waals surface area contributed by atoms with Gasteiger partial charge in [-0.25, -0.2) is 0 Å². The highest BCUT2D eigenvalue weighted by Gasteiger charge is 2.60. The Kier molecular flexibility index (Phi) is 5.12. The van der Waals surface area contributed by atoms with Crippen molar-refractivity contribution in [2.45, 2.75) is 44.9 Å². The zero-order valence-corrected chi connectivity index (χ0v) is 16.9. The largest absolute Gasteiger partial charge is 0.465 e. The minimum atomic E-state index is -0.143.